The second-order valence-electron chi connectivity index (χ2n) is 9.21. The number of morpholine rings is 1. The van der Waals surface area contributed by atoms with Crippen molar-refractivity contribution in [3.8, 4) is 11.3 Å². The number of nitrogens with one attached hydrogen (secondary N) is 3. The number of alkyl halides is 3. The summed E-state index contributed by atoms with van der Waals surface area (Å²) in [5, 5.41) is 8.46. The highest BCUT2D eigenvalue weighted by atomic mass is 19.4. The molecule has 2 aliphatic rings. The first-order valence-corrected chi connectivity index (χ1v) is 12.4. The highest BCUT2D eigenvalue weighted by molar-refractivity contribution is 6.00. The number of benzene rings is 1. The Kier molecular flexibility index (Phi) is 7.44. The van der Waals surface area contributed by atoms with Crippen LogP contribution in [0.25, 0.3) is 11.3 Å². The van der Waals surface area contributed by atoms with Crippen molar-refractivity contribution in [2.45, 2.75) is 19.5 Å². The van der Waals surface area contributed by atoms with Gasteiger partial charge >= 0.3 is 6.18 Å². The summed E-state index contributed by atoms with van der Waals surface area (Å²) in [6.45, 7) is 6.01. The fraction of sp³-hybridized carbons (Fsp3) is 0.346. The molecule has 0 spiro atoms. The molecule has 0 bridgehead atoms. The summed E-state index contributed by atoms with van der Waals surface area (Å²) in [7, 11) is 0. The zero-order valence-electron chi connectivity index (χ0n) is 21.1. The number of ether oxygens (including phenoxy) is 1. The summed E-state index contributed by atoms with van der Waals surface area (Å²) < 4.78 is 45.0. The highest BCUT2D eigenvalue weighted by Crippen LogP contribution is 2.38. The van der Waals surface area contributed by atoms with Crippen molar-refractivity contribution < 1.29 is 27.5 Å². The lowest BCUT2D eigenvalue weighted by Gasteiger charge is -2.26. The Morgan fingerprint density at radius 1 is 1.15 bits per heavy atom. The van der Waals surface area contributed by atoms with E-state index in [1.165, 1.54) is 12.3 Å². The molecule has 2 amide bonds. The second-order valence-corrected chi connectivity index (χ2v) is 9.21. The van der Waals surface area contributed by atoms with Gasteiger partial charge < -0.3 is 20.7 Å². The average molecular weight is 542 g/mol. The van der Waals surface area contributed by atoms with Gasteiger partial charge in [-0.05, 0) is 31.2 Å². The molecule has 4 heterocycles. The van der Waals surface area contributed by atoms with Crippen LogP contribution in [0.2, 0.25) is 0 Å². The largest absolute Gasteiger partial charge is 0.416 e. The van der Waals surface area contributed by atoms with Gasteiger partial charge in [0.1, 0.15) is 5.69 Å². The quantitative estimate of drug-likeness (QED) is 0.435. The molecular formula is C26H26F3N7O3. The van der Waals surface area contributed by atoms with Crippen molar-refractivity contribution in [1.82, 2.24) is 25.2 Å². The number of aromatic nitrogens is 3. The minimum absolute atomic E-state index is 0.0278. The Balaban J connectivity index is 1.31. The molecule has 0 aliphatic carbocycles. The molecule has 2 aliphatic heterocycles. The number of anilines is 3. The Morgan fingerprint density at radius 3 is 2.69 bits per heavy atom. The summed E-state index contributed by atoms with van der Waals surface area (Å²) in [4.78, 5) is 40.3. The van der Waals surface area contributed by atoms with Gasteiger partial charge in [-0.25, -0.2) is 15.0 Å². The molecule has 13 heteroatoms. The van der Waals surface area contributed by atoms with E-state index in [2.05, 4.69) is 35.8 Å². The van der Waals surface area contributed by atoms with Gasteiger partial charge in [-0.15, -0.1) is 0 Å². The van der Waals surface area contributed by atoms with Crippen LogP contribution in [-0.2, 0) is 22.1 Å². The molecule has 204 valence electrons. The molecule has 0 radical (unpaired) electrons. The topological polar surface area (TPSA) is 121 Å². The van der Waals surface area contributed by atoms with Crippen LogP contribution in [0.3, 0.4) is 0 Å². The Hall–Kier alpha value is -4.10. The number of pyridine rings is 1. The summed E-state index contributed by atoms with van der Waals surface area (Å²) in [5.74, 6) is -0.578. The van der Waals surface area contributed by atoms with Crippen molar-refractivity contribution in [2.75, 3.05) is 50.0 Å². The van der Waals surface area contributed by atoms with Gasteiger partial charge in [0, 0.05) is 43.5 Å². The fourth-order valence-electron chi connectivity index (χ4n) is 4.41. The van der Waals surface area contributed by atoms with Crippen molar-refractivity contribution in [1.29, 1.82) is 0 Å². The molecule has 0 atom stereocenters. The van der Waals surface area contributed by atoms with E-state index < -0.39 is 17.6 Å². The predicted molar refractivity (Wildman–Crippen MR) is 137 cm³/mol. The molecule has 1 fully saturated rings. The fourth-order valence-corrected chi connectivity index (χ4v) is 4.41. The molecule has 0 unspecified atom stereocenters. The molecule has 39 heavy (non-hydrogen) atoms. The number of fused-ring (bicyclic) bond motifs is 3. The first-order chi connectivity index (χ1) is 18.7. The molecule has 5 rings (SSSR count). The molecule has 10 nitrogen and oxygen atoms in total. The van der Waals surface area contributed by atoms with Gasteiger partial charge in [0.05, 0.1) is 48.0 Å². The average Bonchev–Trinajstić information content (AvgIpc) is 3.04. The van der Waals surface area contributed by atoms with Gasteiger partial charge in [0.2, 0.25) is 11.9 Å². The van der Waals surface area contributed by atoms with Gasteiger partial charge in [-0.3, -0.25) is 14.5 Å². The normalized spacial score (nSPS) is 15.5. The van der Waals surface area contributed by atoms with Crippen LogP contribution < -0.4 is 16.0 Å². The molecule has 3 aromatic rings. The smallest absolute Gasteiger partial charge is 0.379 e. The zero-order chi connectivity index (χ0) is 27.6. The van der Waals surface area contributed by atoms with Crippen molar-refractivity contribution in [2.24, 2.45) is 0 Å². The van der Waals surface area contributed by atoms with E-state index in [1.807, 2.05) is 0 Å². The first kappa shape index (κ1) is 26.5. The maximum Gasteiger partial charge on any atom is 0.416 e. The molecule has 0 saturated carbocycles. The van der Waals surface area contributed by atoms with E-state index in [4.69, 9.17) is 4.74 Å². The Bertz CT molecular complexity index is 1410. The lowest BCUT2D eigenvalue weighted by molar-refractivity contribution is -0.137. The number of hydrogen-bond donors (Lipinski definition) is 3. The van der Waals surface area contributed by atoms with Gasteiger partial charge in [0.25, 0.3) is 5.91 Å². The molecule has 1 aromatic carbocycles. The zero-order valence-corrected chi connectivity index (χ0v) is 21.1. The number of carbonyl (C=O) groups is 2. The van der Waals surface area contributed by atoms with E-state index >= 15 is 0 Å². The summed E-state index contributed by atoms with van der Waals surface area (Å²) in [6, 6.07) is 6.41. The summed E-state index contributed by atoms with van der Waals surface area (Å²) in [5.41, 5.74) is 1.68. The molecular weight excluding hydrogens is 515 g/mol. The summed E-state index contributed by atoms with van der Waals surface area (Å²) in [6.07, 6.45) is -3.17. The number of hydrogen-bond acceptors (Lipinski definition) is 8. The number of amides is 2. The van der Waals surface area contributed by atoms with E-state index in [0.717, 1.165) is 31.8 Å². The van der Waals surface area contributed by atoms with E-state index in [9.17, 15) is 22.8 Å². The molecule has 1 saturated heterocycles. The number of halogens is 3. The third-order valence-corrected chi connectivity index (χ3v) is 6.47. The van der Waals surface area contributed by atoms with Crippen LogP contribution in [0.5, 0.6) is 0 Å². The van der Waals surface area contributed by atoms with Crippen LogP contribution in [0.4, 0.5) is 30.5 Å². The van der Waals surface area contributed by atoms with Crippen LogP contribution in [-0.4, -0.2) is 71.1 Å². The SMILES string of the molecule is Cc1nc(C(=O)NCCN2CCOCC2)ccc1Nc1ncc2c(n1)-c1ccc(C(F)(F)F)cc1NC(=O)C2. The van der Waals surface area contributed by atoms with Crippen LogP contribution in [0.1, 0.15) is 27.3 Å². The minimum atomic E-state index is -4.55. The summed E-state index contributed by atoms with van der Waals surface area (Å²) >= 11 is 0. The lowest BCUT2D eigenvalue weighted by Crippen LogP contribution is -2.41. The van der Waals surface area contributed by atoms with Crippen LogP contribution >= 0.6 is 0 Å². The maximum atomic E-state index is 13.2. The lowest BCUT2D eigenvalue weighted by atomic mass is 10.0. The van der Waals surface area contributed by atoms with Crippen LogP contribution in [0, 0.1) is 6.92 Å². The van der Waals surface area contributed by atoms with Crippen molar-refractivity contribution >= 4 is 29.1 Å². The number of aryl methyl sites for hydroxylation is 1. The number of nitrogens with zero attached hydrogens (tertiary/aromatic N) is 4. The monoisotopic (exact) mass is 541 g/mol. The first-order valence-electron chi connectivity index (χ1n) is 12.4. The van der Waals surface area contributed by atoms with Crippen LogP contribution in [0.15, 0.2) is 36.5 Å². The molecule has 3 N–H and O–H groups in total. The highest BCUT2D eigenvalue weighted by Gasteiger charge is 2.32. The Labute approximate surface area is 222 Å². The third kappa shape index (κ3) is 6.15. The third-order valence-electron chi connectivity index (χ3n) is 6.47. The number of rotatable bonds is 6. The van der Waals surface area contributed by atoms with E-state index in [-0.39, 0.29) is 29.7 Å². The number of carbonyl (C=O) groups excluding carboxylic acids is 2. The van der Waals surface area contributed by atoms with Gasteiger partial charge in [-0.2, -0.15) is 13.2 Å². The maximum absolute atomic E-state index is 13.2. The van der Waals surface area contributed by atoms with E-state index in [1.54, 1.807) is 19.1 Å². The van der Waals surface area contributed by atoms with Crippen molar-refractivity contribution in [3.05, 3.63) is 59.0 Å². The standard InChI is InChI=1S/C26H26F3N7O3/c1-15-19(4-5-20(32-15)24(38)30-6-7-36-8-10-39-11-9-36)34-25-31-14-16-12-22(37)33-21-13-17(26(27,28)29)2-3-18(21)23(16)35-25/h2-5,13-14H,6-12H2,1H3,(H,30,38)(H,33,37)(H,31,34,35). The molecule has 2 aromatic heterocycles. The second kappa shape index (κ2) is 10.9. The van der Waals surface area contributed by atoms with Gasteiger partial charge in [0.15, 0.2) is 0 Å². The Morgan fingerprint density at radius 2 is 1.95 bits per heavy atom. The van der Waals surface area contributed by atoms with Gasteiger partial charge in [-0.1, -0.05) is 6.07 Å². The minimum Gasteiger partial charge on any atom is -0.379 e. The van der Waals surface area contributed by atoms with Crippen molar-refractivity contribution in [3.63, 3.8) is 0 Å². The van der Waals surface area contributed by atoms with E-state index in [0.29, 0.717) is 48.0 Å². The predicted octanol–water partition coefficient (Wildman–Crippen LogP) is 3.17.